The van der Waals surface area contributed by atoms with Gasteiger partial charge in [0, 0.05) is 13.8 Å². The highest BCUT2D eigenvalue weighted by molar-refractivity contribution is 4.42. The Morgan fingerprint density at radius 2 is 1.11 bits per heavy atom. The molecule has 56 valence electrons. The van der Waals surface area contributed by atoms with Crippen LogP contribution in [0.5, 0.6) is 0 Å². The third kappa shape index (κ3) is 7.80. The summed E-state index contributed by atoms with van der Waals surface area (Å²) in [6, 6.07) is 0. The van der Waals surface area contributed by atoms with Crippen molar-refractivity contribution in [3.05, 3.63) is 0 Å². The molecule has 0 radical (unpaired) electrons. The van der Waals surface area contributed by atoms with Crippen molar-refractivity contribution in [2.45, 2.75) is 25.8 Å². The summed E-state index contributed by atoms with van der Waals surface area (Å²) in [7, 11) is 0. The van der Waals surface area contributed by atoms with Crippen LogP contribution in [0.25, 0.3) is 0 Å². The van der Waals surface area contributed by atoms with E-state index in [1.54, 1.807) is 0 Å². The fourth-order valence-electron chi connectivity index (χ4n) is 0.366. The molecular formula is C4H10O5. The lowest BCUT2D eigenvalue weighted by atomic mass is 10.6. The summed E-state index contributed by atoms with van der Waals surface area (Å²) in [5.41, 5.74) is 0. The Hall–Kier alpha value is -0.200. The van der Waals surface area contributed by atoms with E-state index in [-0.39, 0.29) is 0 Å². The van der Waals surface area contributed by atoms with E-state index in [0.717, 1.165) is 13.8 Å². The third-order valence-corrected chi connectivity index (χ3v) is 0.387. The first kappa shape index (κ1) is 8.80. The maximum absolute atomic E-state index is 8.37. The monoisotopic (exact) mass is 138 g/mol. The van der Waals surface area contributed by atoms with Crippen molar-refractivity contribution in [2.75, 3.05) is 0 Å². The molecule has 0 aliphatic heterocycles. The molecule has 0 aliphatic rings. The van der Waals surface area contributed by atoms with E-state index in [2.05, 4.69) is 4.74 Å². The van der Waals surface area contributed by atoms with Gasteiger partial charge < -0.3 is 20.4 Å². The zero-order chi connectivity index (χ0) is 7.71. The lowest BCUT2D eigenvalue weighted by Gasteiger charge is -2.24. The van der Waals surface area contributed by atoms with Crippen LogP contribution in [0.2, 0.25) is 0 Å². The van der Waals surface area contributed by atoms with Crippen molar-refractivity contribution < 1.29 is 25.2 Å². The molecule has 5 nitrogen and oxygen atoms in total. The van der Waals surface area contributed by atoms with Gasteiger partial charge in [-0.3, -0.25) is 4.74 Å². The number of aliphatic hydroxyl groups is 4. The molecule has 0 fully saturated rings. The summed E-state index contributed by atoms with van der Waals surface area (Å²) < 4.78 is 3.85. The van der Waals surface area contributed by atoms with Gasteiger partial charge in [-0.1, -0.05) is 0 Å². The Morgan fingerprint density at radius 3 is 1.11 bits per heavy atom. The van der Waals surface area contributed by atoms with E-state index in [0.29, 0.717) is 0 Å². The van der Waals surface area contributed by atoms with Gasteiger partial charge in [0.2, 0.25) is 0 Å². The van der Waals surface area contributed by atoms with E-state index in [1.807, 2.05) is 0 Å². The minimum absolute atomic E-state index is 0.859. The molecule has 0 saturated heterocycles. The van der Waals surface area contributed by atoms with Gasteiger partial charge in [-0.25, -0.2) is 0 Å². The highest BCUT2D eigenvalue weighted by Gasteiger charge is 2.28. The average Bonchev–Trinajstić information content (AvgIpc) is 1.14. The first-order valence-electron chi connectivity index (χ1n) is 2.30. The predicted octanol–water partition coefficient (Wildman–Crippen LogP) is -1.68. The first-order valence-corrected chi connectivity index (χ1v) is 2.30. The third-order valence-electron chi connectivity index (χ3n) is 0.387. The van der Waals surface area contributed by atoms with Crippen LogP contribution in [0.15, 0.2) is 0 Å². The molecular weight excluding hydrogens is 128 g/mol. The second-order valence-electron chi connectivity index (χ2n) is 1.97. The quantitative estimate of drug-likeness (QED) is 0.342. The molecule has 0 rings (SSSR count). The van der Waals surface area contributed by atoms with Crippen molar-refractivity contribution in [2.24, 2.45) is 0 Å². The number of rotatable bonds is 2. The molecule has 0 bridgehead atoms. The molecule has 4 N–H and O–H groups in total. The van der Waals surface area contributed by atoms with Crippen LogP contribution in [0.3, 0.4) is 0 Å². The standard InChI is InChI=1S/C4H10O5/c1-3(5,6)9-4(2,7)8/h5-8H,1-2H3. The van der Waals surface area contributed by atoms with Gasteiger partial charge in [0.15, 0.2) is 0 Å². The first-order chi connectivity index (χ1) is 3.71. The maximum atomic E-state index is 8.37. The zero-order valence-corrected chi connectivity index (χ0v) is 5.20. The van der Waals surface area contributed by atoms with Crippen LogP contribution in [-0.4, -0.2) is 32.4 Å². The van der Waals surface area contributed by atoms with E-state index in [1.165, 1.54) is 0 Å². The second-order valence-corrected chi connectivity index (χ2v) is 1.97. The topological polar surface area (TPSA) is 90.2 Å². The largest absolute Gasteiger partial charge is 0.344 e. The highest BCUT2D eigenvalue weighted by atomic mass is 16.9. The molecule has 0 aliphatic carbocycles. The number of ether oxygens (including phenoxy) is 1. The molecule has 0 atom stereocenters. The van der Waals surface area contributed by atoms with Crippen LogP contribution in [0, 0.1) is 0 Å². The van der Waals surface area contributed by atoms with Gasteiger partial charge in [0.1, 0.15) is 0 Å². The fourth-order valence-corrected chi connectivity index (χ4v) is 0.366. The summed E-state index contributed by atoms with van der Waals surface area (Å²) >= 11 is 0. The molecule has 0 spiro atoms. The molecule has 0 aromatic heterocycles. The van der Waals surface area contributed by atoms with Crippen LogP contribution < -0.4 is 0 Å². The zero-order valence-electron chi connectivity index (χ0n) is 5.20. The van der Waals surface area contributed by atoms with Gasteiger partial charge in [0.25, 0.3) is 11.9 Å². The van der Waals surface area contributed by atoms with Crippen molar-refractivity contribution in [1.29, 1.82) is 0 Å². The van der Waals surface area contributed by atoms with Crippen molar-refractivity contribution >= 4 is 0 Å². The van der Waals surface area contributed by atoms with Crippen molar-refractivity contribution in [3.63, 3.8) is 0 Å². The van der Waals surface area contributed by atoms with Crippen LogP contribution in [-0.2, 0) is 4.74 Å². The molecule has 0 aromatic rings. The smallest absolute Gasteiger partial charge is 0.279 e. The van der Waals surface area contributed by atoms with E-state index in [4.69, 9.17) is 20.4 Å². The number of hydrogen-bond acceptors (Lipinski definition) is 5. The van der Waals surface area contributed by atoms with Gasteiger partial charge in [-0.15, -0.1) is 0 Å². The molecule has 0 amide bonds. The summed E-state index contributed by atoms with van der Waals surface area (Å²) in [5, 5.41) is 33.5. The van der Waals surface area contributed by atoms with E-state index in [9.17, 15) is 0 Å². The lowest BCUT2D eigenvalue weighted by molar-refractivity contribution is -0.457. The normalized spacial score (nSPS) is 14.0. The minimum atomic E-state index is -2.52. The van der Waals surface area contributed by atoms with Gasteiger partial charge in [0.05, 0.1) is 0 Å². The predicted molar refractivity (Wildman–Crippen MR) is 26.8 cm³/mol. The molecule has 0 saturated carbocycles. The summed E-state index contributed by atoms with van der Waals surface area (Å²) in [4.78, 5) is 0. The SMILES string of the molecule is CC(O)(O)OC(C)(O)O. The average molecular weight is 138 g/mol. The highest BCUT2D eigenvalue weighted by Crippen LogP contribution is 2.09. The molecule has 0 unspecified atom stereocenters. The summed E-state index contributed by atoms with van der Waals surface area (Å²) in [6.45, 7) is 1.72. The minimum Gasteiger partial charge on any atom is -0.344 e. The Kier molecular flexibility index (Phi) is 2.15. The molecule has 0 heterocycles. The van der Waals surface area contributed by atoms with Crippen LogP contribution in [0.4, 0.5) is 0 Å². The van der Waals surface area contributed by atoms with E-state index < -0.39 is 11.9 Å². The molecule has 0 aromatic carbocycles. The van der Waals surface area contributed by atoms with Crippen molar-refractivity contribution in [1.82, 2.24) is 0 Å². The molecule has 5 heteroatoms. The Balaban J connectivity index is 3.75. The van der Waals surface area contributed by atoms with Crippen LogP contribution in [0.1, 0.15) is 13.8 Å². The maximum Gasteiger partial charge on any atom is 0.279 e. The van der Waals surface area contributed by atoms with Crippen LogP contribution >= 0.6 is 0 Å². The van der Waals surface area contributed by atoms with E-state index >= 15 is 0 Å². The molecule has 9 heavy (non-hydrogen) atoms. The fraction of sp³-hybridized carbons (Fsp3) is 1.00. The lowest BCUT2D eigenvalue weighted by Crippen LogP contribution is -2.40. The van der Waals surface area contributed by atoms with Gasteiger partial charge in [-0.2, -0.15) is 0 Å². The van der Waals surface area contributed by atoms with Gasteiger partial charge in [-0.05, 0) is 0 Å². The van der Waals surface area contributed by atoms with Crippen molar-refractivity contribution in [3.8, 4) is 0 Å². The Morgan fingerprint density at radius 1 is 0.889 bits per heavy atom. The number of hydrogen-bond donors (Lipinski definition) is 4. The second kappa shape index (κ2) is 2.20. The summed E-state index contributed by atoms with van der Waals surface area (Å²) in [5.74, 6) is -5.03. The Bertz CT molecular complexity index is 74.1. The Labute approximate surface area is 52.1 Å². The van der Waals surface area contributed by atoms with Gasteiger partial charge >= 0.3 is 0 Å². The summed E-state index contributed by atoms with van der Waals surface area (Å²) in [6.07, 6.45) is 0.